The van der Waals surface area contributed by atoms with Gasteiger partial charge < -0.3 is 9.64 Å². The van der Waals surface area contributed by atoms with Crippen LogP contribution in [0.1, 0.15) is 18.4 Å². The number of hydrogen-bond acceptors (Lipinski definition) is 4. The second-order valence-corrected chi connectivity index (χ2v) is 6.16. The molecule has 0 aromatic heterocycles. The highest BCUT2D eigenvalue weighted by Crippen LogP contribution is 2.39. The highest BCUT2D eigenvalue weighted by Gasteiger charge is 2.40. The predicted octanol–water partition coefficient (Wildman–Crippen LogP) is 2.62. The van der Waals surface area contributed by atoms with Crippen molar-refractivity contribution in [3.63, 3.8) is 0 Å². The average Bonchev–Trinajstić information content (AvgIpc) is 2.88. The third-order valence-corrected chi connectivity index (χ3v) is 4.55. The molecule has 1 saturated carbocycles. The summed E-state index contributed by atoms with van der Waals surface area (Å²) in [4.78, 5) is 12.8. The maximum atomic E-state index is 10.7. The first-order chi connectivity index (χ1) is 9.52. The highest BCUT2D eigenvalue weighted by molar-refractivity contribution is 5.43. The van der Waals surface area contributed by atoms with Crippen molar-refractivity contribution in [3.05, 3.63) is 33.9 Å². The lowest BCUT2D eigenvalue weighted by molar-refractivity contribution is -0.384. The summed E-state index contributed by atoms with van der Waals surface area (Å²) in [6.45, 7) is 4.21. The number of fused-ring (bicyclic) bond motifs is 1. The van der Waals surface area contributed by atoms with Gasteiger partial charge in [-0.3, -0.25) is 10.1 Å². The lowest BCUT2D eigenvalue weighted by Crippen LogP contribution is -2.20. The normalized spacial score (nSPS) is 29.4. The lowest BCUT2D eigenvalue weighted by atomic mass is 10.0. The molecule has 108 valence electrons. The summed E-state index contributed by atoms with van der Waals surface area (Å²) in [6.07, 6.45) is 2.47. The standard InChI is InChI=1S/C15H20N2O3/c1-10-5-13(17(18)19)3-4-15(10)20-14-6-11-8-16(2)9-12(11)7-14/h3-5,11-12,14H,6-9H2,1-2H3. The number of non-ortho nitro benzene ring substituents is 1. The molecule has 5 heteroatoms. The van der Waals surface area contributed by atoms with E-state index in [0.717, 1.165) is 36.0 Å². The Hall–Kier alpha value is -1.62. The summed E-state index contributed by atoms with van der Waals surface area (Å²) in [5.74, 6) is 2.29. The molecule has 2 fully saturated rings. The minimum absolute atomic E-state index is 0.125. The monoisotopic (exact) mass is 276 g/mol. The SMILES string of the molecule is Cc1cc([N+](=O)[O-])ccc1OC1CC2CN(C)CC2C1. The molecule has 0 amide bonds. The Morgan fingerprint density at radius 1 is 1.30 bits per heavy atom. The number of ether oxygens (including phenoxy) is 1. The number of likely N-dealkylation sites (tertiary alicyclic amines) is 1. The quantitative estimate of drug-likeness (QED) is 0.629. The van der Waals surface area contributed by atoms with Gasteiger partial charge in [0.1, 0.15) is 5.75 Å². The third kappa shape index (κ3) is 2.50. The Morgan fingerprint density at radius 2 is 1.95 bits per heavy atom. The van der Waals surface area contributed by atoms with E-state index in [2.05, 4.69) is 11.9 Å². The van der Waals surface area contributed by atoms with Gasteiger partial charge in [0.05, 0.1) is 11.0 Å². The maximum absolute atomic E-state index is 10.7. The Morgan fingerprint density at radius 3 is 2.50 bits per heavy atom. The van der Waals surface area contributed by atoms with Gasteiger partial charge in [0.15, 0.2) is 0 Å². The van der Waals surface area contributed by atoms with E-state index >= 15 is 0 Å². The summed E-state index contributed by atoms with van der Waals surface area (Å²) < 4.78 is 6.07. The van der Waals surface area contributed by atoms with Gasteiger partial charge in [0, 0.05) is 25.2 Å². The number of nitrogens with zero attached hydrogens (tertiary/aromatic N) is 2. The first-order valence-electron chi connectivity index (χ1n) is 7.13. The van der Waals surface area contributed by atoms with Gasteiger partial charge in [-0.1, -0.05) is 0 Å². The number of nitro groups is 1. The fourth-order valence-corrected chi connectivity index (χ4v) is 3.63. The van der Waals surface area contributed by atoms with Crippen LogP contribution in [0.2, 0.25) is 0 Å². The zero-order chi connectivity index (χ0) is 14.3. The van der Waals surface area contributed by atoms with Crippen LogP contribution in [-0.2, 0) is 0 Å². The van der Waals surface area contributed by atoms with Gasteiger partial charge in [-0.2, -0.15) is 0 Å². The first-order valence-corrected chi connectivity index (χ1v) is 7.13. The number of nitro benzene ring substituents is 1. The highest BCUT2D eigenvalue weighted by atomic mass is 16.6. The molecule has 1 aromatic carbocycles. The van der Waals surface area contributed by atoms with Crippen LogP contribution < -0.4 is 4.74 Å². The Bertz CT molecular complexity index is 518. The summed E-state index contributed by atoms with van der Waals surface area (Å²) >= 11 is 0. The lowest BCUT2D eigenvalue weighted by Gasteiger charge is -2.18. The van der Waals surface area contributed by atoms with Crippen molar-refractivity contribution in [2.24, 2.45) is 11.8 Å². The van der Waals surface area contributed by atoms with Gasteiger partial charge in [-0.05, 0) is 50.3 Å². The van der Waals surface area contributed by atoms with Crippen molar-refractivity contribution < 1.29 is 9.66 Å². The zero-order valence-electron chi connectivity index (χ0n) is 11.9. The fraction of sp³-hybridized carbons (Fsp3) is 0.600. The van der Waals surface area contributed by atoms with Crippen molar-refractivity contribution in [2.45, 2.75) is 25.9 Å². The van der Waals surface area contributed by atoms with Crippen LogP contribution in [0.5, 0.6) is 5.75 Å². The first kappa shape index (κ1) is 13.4. The van der Waals surface area contributed by atoms with E-state index in [1.807, 2.05) is 6.92 Å². The van der Waals surface area contributed by atoms with Crippen LogP contribution >= 0.6 is 0 Å². The molecular weight excluding hydrogens is 256 g/mol. The summed E-state index contributed by atoms with van der Waals surface area (Å²) in [6, 6.07) is 4.83. The zero-order valence-corrected chi connectivity index (χ0v) is 11.9. The molecule has 1 heterocycles. The third-order valence-electron chi connectivity index (χ3n) is 4.55. The van der Waals surface area contributed by atoms with Crippen molar-refractivity contribution >= 4 is 5.69 Å². The number of hydrogen-bond donors (Lipinski definition) is 0. The van der Waals surface area contributed by atoms with Crippen LogP contribution in [0.3, 0.4) is 0 Å². The van der Waals surface area contributed by atoms with Crippen LogP contribution in [0.25, 0.3) is 0 Å². The van der Waals surface area contributed by atoms with E-state index in [1.165, 1.54) is 19.2 Å². The van der Waals surface area contributed by atoms with E-state index in [0.29, 0.717) is 0 Å². The maximum Gasteiger partial charge on any atom is 0.269 e. The molecule has 1 aliphatic heterocycles. The molecule has 5 nitrogen and oxygen atoms in total. The second kappa shape index (κ2) is 5.05. The fourth-order valence-electron chi connectivity index (χ4n) is 3.63. The molecule has 2 aliphatic rings. The minimum Gasteiger partial charge on any atom is -0.490 e. The Balaban J connectivity index is 1.66. The van der Waals surface area contributed by atoms with Crippen molar-refractivity contribution in [3.8, 4) is 5.75 Å². The summed E-state index contributed by atoms with van der Waals surface area (Å²) in [5.41, 5.74) is 0.966. The van der Waals surface area contributed by atoms with E-state index in [4.69, 9.17) is 4.74 Å². The van der Waals surface area contributed by atoms with Gasteiger partial charge in [-0.25, -0.2) is 0 Å². The number of benzene rings is 1. The van der Waals surface area contributed by atoms with Crippen LogP contribution in [0.15, 0.2) is 18.2 Å². The van der Waals surface area contributed by atoms with E-state index in [-0.39, 0.29) is 16.7 Å². The van der Waals surface area contributed by atoms with Gasteiger partial charge in [-0.15, -0.1) is 0 Å². The average molecular weight is 276 g/mol. The molecule has 0 N–H and O–H groups in total. The second-order valence-electron chi connectivity index (χ2n) is 6.16. The Kier molecular flexibility index (Phi) is 3.38. The molecule has 20 heavy (non-hydrogen) atoms. The van der Waals surface area contributed by atoms with Crippen molar-refractivity contribution in [1.82, 2.24) is 4.90 Å². The van der Waals surface area contributed by atoms with E-state index in [1.54, 1.807) is 12.1 Å². The topological polar surface area (TPSA) is 55.6 Å². The largest absolute Gasteiger partial charge is 0.490 e. The van der Waals surface area contributed by atoms with Crippen LogP contribution in [0, 0.1) is 28.9 Å². The minimum atomic E-state index is -0.368. The molecule has 0 spiro atoms. The molecule has 2 unspecified atom stereocenters. The molecule has 1 aromatic rings. The molecule has 1 aliphatic carbocycles. The summed E-state index contributed by atoms with van der Waals surface area (Å²) in [7, 11) is 2.18. The van der Waals surface area contributed by atoms with Crippen LogP contribution in [0.4, 0.5) is 5.69 Å². The molecular formula is C15H20N2O3. The van der Waals surface area contributed by atoms with Crippen molar-refractivity contribution in [2.75, 3.05) is 20.1 Å². The van der Waals surface area contributed by atoms with Gasteiger partial charge in [0.25, 0.3) is 5.69 Å². The number of aryl methyl sites for hydroxylation is 1. The van der Waals surface area contributed by atoms with Crippen LogP contribution in [-0.4, -0.2) is 36.1 Å². The van der Waals surface area contributed by atoms with E-state index in [9.17, 15) is 10.1 Å². The Labute approximate surface area is 118 Å². The van der Waals surface area contributed by atoms with Gasteiger partial charge in [0.2, 0.25) is 0 Å². The van der Waals surface area contributed by atoms with Gasteiger partial charge >= 0.3 is 0 Å². The van der Waals surface area contributed by atoms with Crippen molar-refractivity contribution in [1.29, 1.82) is 0 Å². The predicted molar refractivity (Wildman–Crippen MR) is 76.0 cm³/mol. The molecule has 1 saturated heterocycles. The molecule has 2 atom stereocenters. The number of rotatable bonds is 3. The smallest absolute Gasteiger partial charge is 0.269 e. The molecule has 0 bridgehead atoms. The van der Waals surface area contributed by atoms with E-state index < -0.39 is 0 Å². The molecule has 3 rings (SSSR count). The molecule has 0 radical (unpaired) electrons. The summed E-state index contributed by atoms with van der Waals surface area (Å²) in [5, 5.41) is 10.7.